The minimum atomic E-state index is -0.577. The summed E-state index contributed by atoms with van der Waals surface area (Å²) >= 11 is 1.57. The number of anilines is 1. The smallest absolute Gasteiger partial charge is 0.329 e. The fourth-order valence-corrected chi connectivity index (χ4v) is 4.50. The van der Waals surface area contributed by atoms with Gasteiger partial charge in [-0.1, -0.05) is 12.1 Å². The van der Waals surface area contributed by atoms with E-state index in [4.69, 9.17) is 0 Å². The number of carbonyl (C=O) groups is 1. The summed E-state index contributed by atoms with van der Waals surface area (Å²) in [6, 6.07) is 8.78. The first-order valence-electron chi connectivity index (χ1n) is 9.54. The summed E-state index contributed by atoms with van der Waals surface area (Å²) in [5.41, 5.74) is -0.567. The molecule has 1 aromatic carbocycles. The number of para-hydroxylation sites is 1. The number of rotatable bonds is 3. The first-order valence-corrected chi connectivity index (χ1v) is 10.4. The van der Waals surface area contributed by atoms with E-state index in [2.05, 4.69) is 19.9 Å². The highest BCUT2D eigenvalue weighted by Gasteiger charge is 2.24. The first-order chi connectivity index (χ1) is 14.6. The van der Waals surface area contributed by atoms with E-state index in [1.807, 2.05) is 11.4 Å². The van der Waals surface area contributed by atoms with E-state index in [-0.39, 0.29) is 12.5 Å². The number of benzene rings is 1. The van der Waals surface area contributed by atoms with E-state index in [0.717, 1.165) is 20.6 Å². The maximum absolute atomic E-state index is 12.8. The molecular formula is C20H18N6O3S. The second kappa shape index (κ2) is 7.38. The van der Waals surface area contributed by atoms with Gasteiger partial charge in [0.25, 0.3) is 5.56 Å². The van der Waals surface area contributed by atoms with Crippen LogP contribution in [0.1, 0.15) is 0 Å². The van der Waals surface area contributed by atoms with Gasteiger partial charge in [-0.05, 0) is 23.6 Å². The first kappa shape index (κ1) is 18.5. The number of carbonyl (C=O) groups excluding carboxylic acids is 1. The Kier molecular flexibility index (Phi) is 4.55. The van der Waals surface area contributed by atoms with Gasteiger partial charge in [-0.25, -0.2) is 14.8 Å². The number of hydrogen-bond donors (Lipinski definition) is 1. The summed E-state index contributed by atoms with van der Waals surface area (Å²) in [4.78, 5) is 53.9. The van der Waals surface area contributed by atoms with Crippen molar-refractivity contribution < 1.29 is 4.79 Å². The molecular weight excluding hydrogens is 404 g/mol. The Morgan fingerprint density at radius 2 is 1.83 bits per heavy atom. The van der Waals surface area contributed by atoms with Gasteiger partial charge in [0, 0.05) is 26.2 Å². The molecule has 152 valence electrons. The number of fused-ring (bicyclic) bond motifs is 2. The van der Waals surface area contributed by atoms with Crippen molar-refractivity contribution in [3.8, 4) is 0 Å². The predicted octanol–water partition coefficient (Wildman–Crippen LogP) is 1.04. The second-order valence-corrected chi connectivity index (χ2v) is 7.97. The SMILES string of the molecule is O=C(Cn1c(=O)[nH]c2ccccc2c1=O)N1CCN(c2ncnc3sccc23)CC1. The Labute approximate surface area is 174 Å². The Morgan fingerprint density at radius 1 is 1.03 bits per heavy atom. The summed E-state index contributed by atoms with van der Waals surface area (Å²) in [6.45, 7) is 1.96. The molecule has 1 amide bonds. The molecule has 30 heavy (non-hydrogen) atoms. The molecule has 1 saturated heterocycles. The zero-order chi connectivity index (χ0) is 20.7. The number of aromatic nitrogens is 4. The van der Waals surface area contributed by atoms with E-state index in [9.17, 15) is 14.4 Å². The summed E-state index contributed by atoms with van der Waals surface area (Å²) in [7, 11) is 0. The Balaban J connectivity index is 1.32. The highest BCUT2D eigenvalue weighted by molar-refractivity contribution is 7.16. The number of aromatic amines is 1. The quantitative estimate of drug-likeness (QED) is 0.529. The predicted molar refractivity (Wildman–Crippen MR) is 115 cm³/mol. The van der Waals surface area contributed by atoms with Gasteiger partial charge >= 0.3 is 5.69 Å². The van der Waals surface area contributed by atoms with Gasteiger partial charge in [-0.15, -0.1) is 11.3 Å². The molecule has 0 unspecified atom stereocenters. The van der Waals surface area contributed by atoms with Crippen molar-refractivity contribution in [2.24, 2.45) is 0 Å². The summed E-state index contributed by atoms with van der Waals surface area (Å²) < 4.78 is 0.969. The summed E-state index contributed by atoms with van der Waals surface area (Å²) in [5, 5.41) is 3.39. The van der Waals surface area contributed by atoms with Crippen LogP contribution in [0.15, 0.2) is 51.6 Å². The highest BCUT2D eigenvalue weighted by atomic mass is 32.1. The molecule has 0 saturated carbocycles. The van der Waals surface area contributed by atoms with Gasteiger partial charge in [0.1, 0.15) is 23.5 Å². The molecule has 5 rings (SSSR count). The second-order valence-electron chi connectivity index (χ2n) is 7.07. The number of nitrogens with zero attached hydrogens (tertiary/aromatic N) is 5. The van der Waals surface area contributed by atoms with E-state index >= 15 is 0 Å². The van der Waals surface area contributed by atoms with Crippen molar-refractivity contribution >= 4 is 44.2 Å². The third-order valence-corrected chi connectivity index (χ3v) is 6.18. The summed E-state index contributed by atoms with van der Waals surface area (Å²) in [6.07, 6.45) is 1.56. The van der Waals surface area contributed by atoms with Crippen LogP contribution in [0.3, 0.4) is 0 Å². The van der Waals surface area contributed by atoms with Crippen molar-refractivity contribution in [2.45, 2.75) is 6.54 Å². The molecule has 10 heteroatoms. The maximum Gasteiger partial charge on any atom is 0.329 e. The molecule has 3 aromatic heterocycles. The molecule has 1 aliphatic heterocycles. The van der Waals surface area contributed by atoms with Gasteiger partial charge in [0.15, 0.2) is 0 Å². The zero-order valence-electron chi connectivity index (χ0n) is 15.9. The van der Waals surface area contributed by atoms with Gasteiger partial charge in [-0.2, -0.15) is 0 Å². The topological polar surface area (TPSA) is 104 Å². The fourth-order valence-electron chi connectivity index (χ4n) is 3.77. The minimum Gasteiger partial charge on any atom is -0.352 e. The van der Waals surface area contributed by atoms with Crippen LogP contribution in [-0.4, -0.2) is 56.5 Å². The number of nitrogens with one attached hydrogen (secondary N) is 1. The molecule has 0 bridgehead atoms. The molecule has 4 heterocycles. The number of hydrogen-bond acceptors (Lipinski definition) is 7. The lowest BCUT2D eigenvalue weighted by molar-refractivity contribution is -0.132. The minimum absolute atomic E-state index is 0.249. The molecule has 1 aliphatic rings. The van der Waals surface area contributed by atoms with E-state index in [0.29, 0.717) is 37.1 Å². The van der Waals surface area contributed by atoms with Crippen LogP contribution in [0.5, 0.6) is 0 Å². The lowest BCUT2D eigenvalue weighted by Gasteiger charge is -2.35. The van der Waals surface area contributed by atoms with Crippen LogP contribution >= 0.6 is 11.3 Å². The van der Waals surface area contributed by atoms with Crippen molar-refractivity contribution in [3.05, 3.63) is 62.9 Å². The average molecular weight is 422 g/mol. The summed E-state index contributed by atoms with van der Waals surface area (Å²) in [5.74, 6) is 0.622. The van der Waals surface area contributed by atoms with Crippen LogP contribution in [0.25, 0.3) is 21.1 Å². The largest absolute Gasteiger partial charge is 0.352 e. The van der Waals surface area contributed by atoms with Gasteiger partial charge in [-0.3, -0.25) is 14.2 Å². The standard InChI is InChI=1S/C20H18N6O3S/c27-16(11-26-19(28)13-3-1-2-4-15(13)23-20(26)29)24-6-8-25(9-7-24)17-14-5-10-30-18(14)22-12-21-17/h1-5,10,12H,6-9,11H2,(H,23,29). The highest BCUT2D eigenvalue weighted by Crippen LogP contribution is 2.27. The van der Waals surface area contributed by atoms with Crippen LogP contribution in [0.2, 0.25) is 0 Å². The van der Waals surface area contributed by atoms with Crippen LogP contribution < -0.4 is 16.1 Å². The third-order valence-electron chi connectivity index (χ3n) is 5.36. The number of amides is 1. The number of thiophene rings is 1. The van der Waals surface area contributed by atoms with Crippen molar-refractivity contribution in [2.75, 3.05) is 31.1 Å². The van der Waals surface area contributed by atoms with Gasteiger partial charge in [0.05, 0.1) is 16.3 Å². The molecule has 1 N–H and O–H groups in total. The van der Waals surface area contributed by atoms with Gasteiger partial charge < -0.3 is 14.8 Å². The van der Waals surface area contributed by atoms with Crippen molar-refractivity contribution in [3.63, 3.8) is 0 Å². The van der Waals surface area contributed by atoms with Crippen LogP contribution in [0, 0.1) is 0 Å². The van der Waals surface area contributed by atoms with Crippen LogP contribution in [0.4, 0.5) is 5.82 Å². The molecule has 0 aliphatic carbocycles. The monoisotopic (exact) mass is 422 g/mol. The van der Waals surface area contributed by atoms with E-state index in [1.54, 1.807) is 46.8 Å². The average Bonchev–Trinajstić information content (AvgIpc) is 3.26. The Bertz CT molecular complexity index is 1370. The maximum atomic E-state index is 12.8. The van der Waals surface area contributed by atoms with E-state index < -0.39 is 11.2 Å². The molecule has 0 radical (unpaired) electrons. The van der Waals surface area contributed by atoms with E-state index in [1.165, 1.54) is 0 Å². The number of piperazine rings is 1. The normalized spacial score (nSPS) is 14.5. The molecule has 1 fully saturated rings. The number of H-pyrrole nitrogens is 1. The fraction of sp³-hybridized carbons (Fsp3) is 0.250. The molecule has 0 atom stereocenters. The Morgan fingerprint density at radius 3 is 2.67 bits per heavy atom. The lowest BCUT2D eigenvalue weighted by atomic mass is 10.2. The van der Waals surface area contributed by atoms with Crippen LogP contribution in [-0.2, 0) is 11.3 Å². The molecule has 4 aromatic rings. The lowest BCUT2D eigenvalue weighted by Crippen LogP contribution is -2.51. The molecule has 0 spiro atoms. The van der Waals surface area contributed by atoms with Crippen molar-refractivity contribution in [1.29, 1.82) is 0 Å². The Hall–Kier alpha value is -3.53. The van der Waals surface area contributed by atoms with Gasteiger partial charge in [0.2, 0.25) is 5.91 Å². The third kappa shape index (κ3) is 3.14. The molecule has 9 nitrogen and oxygen atoms in total. The zero-order valence-corrected chi connectivity index (χ0v) is 16.8. The van der Waals surface area contributed by atoms with Crippen molar-refractivity contribution in [1.82, 2.24) is 24.4 Å².